The second kappa shape index (κ2) is 7.36. The van der Waals surface area contributed by atoms with Gasteiger partial charge in [-0.2, -0.15) is 4.80 Å². The van der Waals surface area contributed by atoms with Crippen molar-refractivity contribution in [1.29, 1.82) is 0 Å². The maximum Gasteiger partial charge on any atom is 0.291 e. The van der Waals surface area contributed by atoms with Crippen molar-refractivity contribution in [3.05, 3.63) is 78.6 Å². The molecule has 0 aliphatic carbocycles. The summed E-state index contributed by atoms with van der Waals surface area (Å²) < 4.78 is 11.1. The number of nitrogens with zero attached hydrogens (tertiary/aromatic N) is 3. The number of carbonyl (C=O) groups is 1. The first-order valence-electron chi connectivity index (χ1n) is 9.60. The Morgan fingerprint density at radius 3 is 2.60 bits per heavy atom. The first-order chi connectivity index (χ1) is 14.7. The molecular formula is C23H18N4O3. The van der Waals surface area contributed by atoms with Crippen LogP contribution in [0.4, 0.5) is 5.69 Å². The maximum absolute atomic E-state index is 12.6. The fourth-order valence-electron chi connectivity index (χ4n) is 3.24. The van der Waals surface area contributed by atoms with Gasteiger partial charge in [-0.25, -0.2) is 0 Å². The van der Waals surface area contributed by atoms with E-state index in [1.807, 2.05) is 61.5 Å². The van der Waals surface area contributed by atoms with Crippen LogP contribution in [0.15, 0.2) is 77.2 Å². The third-order valence-corrected chi connectivity index (χ3v) is 4.67. The van der Waals surface area contributed by atoms with Crippen molar-refractivity contribution in [3.63, 3.8) is 0 Å². The van der Waals surface area contributed by atoms with E-state index < -0.39 is 0 Å². The van der Waals surface area contributed by atoms with Gasteiger partial charge in [-0.05, 0) is 61.5 Å². The molecule has 0 atom stereocenters. The largest absolute Gasteiger partial charge is 0.494 e. The number of aromatic nitrogens is 3. The second-order valence-corrected chi connectivity index (χ2v) is 6.72. The lowest BCUT2D eigenvalue weighted by atomic mass is 10.2. The second-order valence-electron chi connectivity index (χ2n) is 6.72. The van der Waals surface area contributed by atoms with E-state index >= 15 is 0 Å². The number of amides is 1. The van der Waals surface area contributed by atoms with Gasteiger partial charge in [0, 0.05) is 11.1 Å². The number of anilines is 1. The van der Waals surface area contributed by atoms with E-state index in [0.717, 1.165) is 22.3 Å². The van der Waals surface area contributed by atoms with Gasteiger partial charge in [0.15, 0.2) is 5.76 Å². The summed E-state index contributed by atoms with van der Waals surface area (Å²) in [6.45, 7) is 2.56. The summed E-state index contributed by atoms with van der Waals surface area (Å²) in [6.07, 6.45) is 0. The summed E-state index contributed by atoms with van der Waals surface area (Å²) in [5.41, 5.74) is 3.52. The Hall–Kier alpha value is -4.13. The van der Waals surface area contributed by atoms with E-state index in [0.29, 0.717) is 23.4 Å². The number of nitrogens with one attached hydrogen (secondary N) is 1. The van der Waals surface area contributed by atoms with Crippen molar-refractivity contribution in [1.82, 2.24) is 15.0 Å². The lowest BCUT2D eigenvalue weighted by molar-refractivity contribution is 0.0998. The van der Waals surface area contributed by atoms with Crippen LogP contribution in [0.1, 0.15) is 17.5 Å². The normalized spacial score (nSPS) is 11.1. The van der Waals surface area contributed by atoms with Gasteiger partial charge >= 0.3 is 0 Å². The molecular weight excluding hydrogens is 380 g/mol. The molecule has 0 fully saturated rings. The molecule has 7 nitrogen and oxygen atoms in total. The molecule has 30 heavy (non-hydrogen) atoms. The minimum atomic E-state index is -0.315. The smallest absolute Gasteiger partial charge is 0.291 e. The number of benzene rings is 3. The van der Waals surface area contributed by atoms with Crippen molar-refractivity contribution in [2.24, 2.45) is 0 Å². The molecule has 7 heteroatoms. The third kappa shape index (κ3) is 3.37. The van der Waals surface area contributed by atoms with Crippen molar-refractivity contribution >= 4 is 33.6 Å². The lowest BCUT2D eigenvalue weighted by Gasteiger charge is -2.03. The van der Waals surface area contributed by atoms with Gasteiger partial charge in [0.25, 0.3) is 5.91 Å². The Morgan fingerprint density at radius 2 is 1.80 bits per heavy atom. The number of hydrogen-bond acceptors (Lipinski definition) is 5. The van der Waals surface area contributed by atoms with E-state index in [1.165, 1.54) is 0 Å². The Bertz CT molecular complexity index is 1320. The minimum Gasteiger partial charge on any atom is -0.494 e. The maximum atomic E-state index is 12.6. The van der Waals surface area contributed by atoms with Crippen LogP contribution in [0, 0.1) is 0 Å². The number of fused-ring (bicyclic) bond motifs is 2. The molecule has 0 aliphatic rings. The molecule has 2 aromatic heterocycles. The van der Waals surface area contributed by atoms with Crippen LogP contribution in [0.3, 0.4) is 0 Å². The van der Waals surface area contributed by atoms with E-state index in [-0.39, 0.29) is 11.7 Å². The molecule has 148 valence electrons. The van der Waals surface area contributed by atoms with Crippen LogP contribution in [0.2, 0.25) is 0 Å². The first kappa shape index (κ1) is 17.9. The number of ether oxygens (including phenoxy) is 1. The van der Waals surface area contributed by atoms with E-state index in [1.54, 1.807) is 23.0 Å². The average Bonchev–Trinajstić information content (AvgIpc) is 3.38. The Morgan fingerprint density at radius 1 is 1.00 bits per heavy atom. The Kier molecular flexibility index (Phi) is 4.40. The van der Waals surface area contributed by atoms with Crippen LogP contribution in [-0.4, -0.2) is 27.5 Å². The molecule has 5 rings (SSSR count). The van der Waals surface area contributed by atoms with E-state index in [9.17, 15) is 4.79 Å². The van der Waals surface area contributed by atoms with Gasteiger partial charge in [-0.1, -0.05) is 18.2 Å². The minimum absolute atomic E-state index is 0.259. The molecule has 0 saturated carbocycles. The summed E-state index contributed by atoms with van der Waals surface area (Å²) in [6, 6.07) is 22.2. The molecule has 3 aromatic carbocycles. The van der Waals surface area contributed by atoms with Gasteiger partial charge in [0.1, 0.15) is 22.4 Å². The van der Waals surface area contributed by atoms with Gasteiger partial charge in [-0.3, -0.25) is 4.79 Å². The Labute approximate surface area is 171 Å². The highest BCUT2D eigenvalue weighted by atomic mass is 16.5. The first-order valence-corrected chi connectivity index (χ1v) is 9.60. The quantitative estimate of drug-likeness (QED) is 0.459. The molecule has 0 radical (unpaired) electrons. The van der Waals surface area contributed by atoms with Crippen molar-refractivity contribution in [2.45, 2.75) is 6.92 Å². The number of para-hydroxylation sites is 1. The van der Waals surface area contributed by atoms with Crippen LogP contribution in [0.5, 0.6) is 5.75 Å². The zero-order valence-corrected chi connectivity index (χ0v) is 16.2. The average molecular weight is 398 g/mol. The molecule has 1 amide bonds. The third-order valence-electron chi connectivity index (χ3n) is 4.67. The predicted octanol–water partition coefficient (Wildman–Crippen LogP) is 4.82. The van der Waals surface area contributed by atoms with Crippen LogP contribution in [0.25, 0.3) is 27.7 Å². The highest BCUT2D eigenvalue weighted by molar-refractivity contribution is 6.05. The standard InChI is InChI=1S/C23H18N4O3/c1-2-29-18-10-8-17(9-11-18)27-25-19-12-7-16(14-20(19)26-27)24-23(28)22-13-15-5-3-4-6-21(15)30-22/h3-14H,2H2,1H3,(H,24,28). The number of carbonyl (C=O) groups excluding carboxylic acids is 1. The monoisotopic (exact) mass is 398 g/mol. The Balaban J connectivity index is 1.38. The highest BCUT2D eigenvalue weighted by Gasteiger charge is 2.13. The number of rotatable bonds is 5. The van der Waals surface area contributed by atoms with Crippen molar-refractivity contribution in [3.8, 4) is 11.4 Å². The molecule has 0 unspecified atom stereocenters. The fourth-order valence-corrected chi connectivity index (χ4v) is 3.24. The van der Waals surface area contributed by atoms with Gasteiger partial charge < -0.3 is 14.5 Å². The summed E-state index contributed by atoms with van der Waals surface area (Å²) >= 11 is 0. The van der Waals surface area contributed by atoms with Crippen molar-refractivity contribution in [2.75, 3.05) is 11.9 Å². The summed E-state index contributed by atoms with van der Waals surface area (Å²) in [4.78, 5) is 14.1. The molecule has 0 spiro atoms. The van der Waals surface area contributed by atoms with E-state index in [4.69, 9.17) is 9.15 Å². The molecule has 1 N–H and O–H groups in total. The zero-order chi connectivity index (χ0) is 20.5. The fraction of sp³-hybridized carbons (Fsp3) is 0.0870. The SMILES string of the molecule is CCOc1ccc(-n2nc3ccc(NC(=O)c4cc5ccccc5o4)cc3n2)cc1. The number of furan rings is 1. The summed E-state index contributed by atoms with van der Waals surface area (Å²) in [5.74, 6) is 0.743. The van der Waals surface area contributed by atoms with Crippen molar-refractivity contribution < 1.29 is 13.9 Å². The predicted molar refractivity (Wildman–Crippen MR) is 114 cm³/mol. The summed E-state index contributed by atoms with van der Waals surface area (Å²) in [7, 11) is 0. The molecule has 0 saturated heterocycles. The topological polar surface area (TPSA) is 82.2 Å². The zero-order valence-electron chi connectivity index (χ0n) is 16.2. The summed E-state index contributed by atoms with van der Waals surface area (Å²) in [5, 5.41) is 12.8. The van der Waals surface area contributed by atoms with Crippen LogP contribution >= 0.6 is 0 Å². The molecule has 0 aliphatic heterocycles. The number of hydrogen-bond donors (Lipinski definition) is 1. The van der Waals surface area contributed by atoms with E-state index in [2.05, 4.69) is 15.5 Å². The highest BCUT2D eigenvalue weighted by Crippen LogP contribution is 2.22. The van der Waals surface area contributed by atoms with Crippen LogP contribution < -0.4 is 10.1 Å². The van der Waals surface area contributed by atoms with Crippen LogP contribution in [-0.2, 0) is 0 Å². The molecule has 5 aromatic rings. The molecule has 2 heterocycles. The lowest BCUT2D eigenvalue weighted by Crippen LogP contribution is -2.10. The molecule has 0 bridgehead atoms. The van der Waals surface area contributed by atoms with Gasteiger partial charge in [0.05, 0.1) is 12.3 Å². The van der Waals surface area contributed by atoms with Gasteiger partial charge in [-0.15, -0.1) is 10.2 Å². The van der Waals surface area contributed by atoms with Gasteiger partial charge in [0.2, 0.25) is 0 Å².